The molecular formula is C19H20N2O5S. The molecule has 1 amide bonds. The summed E-state index contributed by atoms with van der Waals surface area (Å²) in [5.74, 6) is 1.04. The van der Waals surface area contributed by atoms with Gasteiger partial charge in [-0.1, -0.05) is 0 Å². The third kappa shape index (κ3) is 4.29. The number of thiazole rings is 1. The van der Waals surface area contributed by atoms with Gasteiger partial charge in [-0.15, -0.1) is 11.3 Å². The lowest BCUT2D eigenvalue weighted by atomic mass is 10.1. The molecule has 142 valence electrons. The first-order valence-corrected chi connectivity index (χ1v) is 9.13. The summed E-state index contributed by atoms with van der Waals surface area (Å²) in [4.78, 5) is 18.9. The van der Waals surface area contributed by atoms with Crippen LogP contribution in [0, 0.1) is 0 Å². The summed E-state index contributed by atoms with van der Waals surface area (Å²) in [6, 6.07) is 7.18. The molecule has 2 heterocycles. The zero-order chi connectivity index (χ0) is 19.2. The molecule has 0 aliphatic rings. The van der Waals surface area contributed by atoms with E-state index in [-0.39, 0.29) is 25.6 Å². The summed E-state index contributed by atoms with van der Waals surface area (Å²) in [6.45, 7) is 0.285. The maximum atomic E-state index is 12.9. The quantitative estimate of drug-likeness (QED) is 0.638. The van der Waals surface area contributed by atoms with Gasteiger partial charge in [-0.05, 0) is 24.3 Å². The summed E-state index contributed by atoms with van der Waals surface area (Å²) in [5, 5.41) is 11.8. The maximum Gasteiger partial charge on any atom is 0.273 e. The highest BCUT2D eigenvalue weighted by molar-refractivity contribution is 7.13. The number of hydrogen-bond donors (Lipinski definition) is 1. The van der Waals surface area contributed by atoms with Crippen molar-refractivity contribution in [1.29, 1.82) is 0 Å². The van der Waals surface area contributed by atoms with E-state index in [1.165, 1.54) is 16.2 Å². The summed E-state index contributed by atoms with van der Waals surface area (Å²) < 4.78 is 15.7. The molecule has 1 N–H and O–H groups in total. The van der Waals surface area contributed by atoms with Crippen LogP contribution < -0.4 is 9.47 Å². The molecule has 0 saturated carbocycles. The lowest BCUT2D eigenvalue weighted by Gasteiger charge is -2.22. The number of aliphatic hydroxyl groups excluding tert-OH is 1. The van der Waals surface area contributed by atoms with Crippen molar-refractivity contribution in [3.63, 3.8) is 0 Å². The molecule has 3 rings (SSSR count). The number of ether oxygens (including phenoxy) is 2. The van der Waals surface area contributed by atoms with Crippen LogP contribution in [-0.4, -0.2) is 48.3 Å². The Balaban J connectivity index is 1.84. The summed E-state index contributed by atoms with van der Waals surface area (Å²) in [5.41, 5.74) is 1.93. The topological polar surface area (TPSA) is 85.0 Å². The fraction of sp³-hybridized carbons (Fsp3) is 0.263. The Bertz CT molecular complexity index is 891. The number of nitrogens with zero attached hydrogens (tertiary/aromatic N) is 2. The highest BCUT2D eigenvalue weighted by Gasteiger charge is 2.21. The number of aromatic nitrogens is 1. The molecule has 0 aliphatic carbocycles. The van der Waals surface area contributed by atoms with Gasteiger partial charge in [0.15, 0.2) is 0 Å². The third-order valence-electron chi connectivity index (χ3n) is 4.00. The second kappa shape index (κ2) is 8.70. The zero-order valence-corrected chi connectivity index (χ0v) is 15.9. The second-order valence-electron chi connectivity index (χ2n) is 5.68. The van der Waals surface area contributed by atoms with E-state index in [1.807, 2.05) is 6.07 Å². The molecule has 0 bridgehead atoms. The Morgan fingerprint density at radius 2 is 2.15 bits per heavy atom. The molecule has 0 atom stereocenters. The van der Waals surface area contributed by atoms with E-state index < -0.39 is 0 Å². The number of aliphatic hydroxyl groups is 1. The molecule has 2 aromatic heterocycles. The Kier molecular flexibility index (Phi) is 6.10. The van der Waals surface area contributed by atoms with E-state index in [2.05, 4.69) is 4.98 Å². The Morgan fingerprint density at radius 3 is 2.81 bits per heavy atom. The Hall–Kier alpha value is -2.84. The minimum absolute atomic E-state index is 0.156. The molecule has 0 radical (unpaired) electrons. The van der Waals surface area contributed by atoms with E-state index in [0.717, 1.165) is 11.1 Å². The largest absolute Gasteiger partial charge is 0.497 e. The molecule has 27 heavy (non-hydrogen) atoms. The minimum Gasteiger partial charge on any atom is -0.497 e. The fourth-order valence-corrected chi connectivity index (χ4v) is 3.42. The summed E-state index contributed by atoms with van der Waals surface area (Å²) >= 11 is 1.37. The smallest absolute Gasteiger partial charge is 0.273 e. The van der Waals surface area contributed by atoms with Gasteiger partial charge in [0.25, 0.3) is 5.91 Å². The van der Waals surface area contributed by atoms with E-state index in [4.69, 9.17) is 13.9 Å². The van der Waals surface area contributed by atoms with Crippen LogP contribution in [0.5, 0.6) is 11.5 Å². The van der Waals surface area contributed by atoms with Crippen LogP contribution in [-0.2, 0) is 6.54 Å². The number of benzene rings is 1. The van der Waals surface area contributed by atoms with Gasteiger partial charge in [-0.2, -0.15) is 0 Å². The van der Waals surface area contributed by atoms with E-state index in [1.54, 1.807) is 50.3 Å². The van der Waals surface area contributed by atoms with E-state index in [0.29, 0.717) is 22.2 Å². The normalized spacial score (nSPS) is 10.6. The number of amides is 1. The Labute approximate surface area is 160 Å². The number of methoxy groups -OCH3 is 2. The van der Waals surface area contributed by atoms with E-state index >= 15 is 0 Å². The first kappa shape index (κ1) is 18.9. The molecule has 3 aromatic rings. The lowest BCUT2D eigenvalue weighted by molar-refractivity contribution is 0.0701. The lowest BCUT2D eigenvalue weighted by Crippen LogP contribution is -2.33. The molecule has 0 unspecified atom stereocenters. The van der Waals surface area contributed by atoms with Gasteiger partial charge in [-0.3, -0.25) is 4.79 Å². The molecule has 0 saturated heterocycles. The first-order chi connectivity index (χ1) is 13.2. The van der Waals surface area contributed by atoms with Crippen LogP contribution in [0.25, 0.3) is 10.6 Å². The standard InChI is InChI=1S/C19H20N2O5S/c1-24-15-3-4-17(25-2)14(9-15)10-21(6-7-22)19(23)16-12-27-18(20-16)13-5-8-26-11-13/h3-5,8-9,11-12,22H,6-7,10H2,1-2H3. The molecular weight excluding hydrogens is 368 g/mol. The molecule has 1 aromatic carbocycles. The summed E-state index contributed by atoms with van der Waals surface area (Å²) in [7, 11) is 3.15. The van der Waals surface area contributed by atoms with Crippen LogP contribution in [0.2, 0.25) is 0 Å². The van der Waals surface area contributed by atoms with E-state index in [9.17, 15) is 9.90 Å². The van der Waals surface area contributed by atoms with Crippen molar-refractivity contribution in [3.05, 3.63) is 53.4 Å². The molecule has 8 heteroatoms. The van der Waals surface area contributed by atoms with Gasteiger partial charge in [0.05, 0.1) is 27.1 Å². The van der Waals surface area contributed by atoms with Gasteiger partial charge in [-0.25, -0.2) is 4.98 Å². The predicted octanol–water partition coefficient (Wildman–Crippen LogP) is 3.06. The van der Waals surface area contributed by atoms with Crippen LogP contribution >= 0.6 is 11.3 Å². The number of carbonyl (C=O) groups excluding carboxylic acids is 1. The van der Waals surface area contributed by atoms with Crippen molar-refractivity contribution in [2.45, 2.75) is 6.54 Å². The maximum absolute atomic E-state index is 12.9. The van der Waals surface area contributed by atoms with Gasteiger partial charge in [0.2, 0.25) is 0 Å². The Morgan fingerprint density at radius 1 is 1.30 bits per heavy atom. The van der Waals surface area contributed by atoms with Crippen LogP contribution in [0.4, 0.5) is 0 Å². The predicted molar refractivity (Wildman–Crippen MR) is 101 cm³/mol. The highest BCUT2D eigenvalue weighted by Crippen LogP contribution is 2.27. The SMILES string of the molecule is COc1ccc(OC)c(CN(CCO)C(=O)c2csc(-c3ccoc3)n2)c1. The van der Waals surface area contributed by atoms with Crippen LogP contribution in [0.1, 0.15) is 16.1 Å². The van der Waals surface area contributed by atoms with Crippen molar-refractivity contribution >= 4 is 17.2 Å². The second-order valence-corrected chi connectivity index (χ2v) is 6.54. The molecule has 0 fully saturated rings. The number of rotatable bonds is 8. The number of furan rings is 1. The number of hydrogen-bond acceptors (Lipinski definition) is 7. The summed E-state index contributed by atoms with van der Waals surface area (Å²) in [6.07, 6.45) is 3.14. The monoisotopic (exact) mass is 388 g/mol. The van der Waals surface area contributed by atoms with Gasteiger partial charge in [0.1, 0.15) is 28.5 Å². The molecule has 7 nitrogen and oxygen atoms in total. The highest BCUT2D eigenvalue weighted by atomic mass is 32.1. The van der Waals surface area contributed by atoms with Crippen molar-refractivity contribution < 1.29 is 23.8 Å². The van der Waals surface area contributed by atoms with Crippen molar-refractivity contribution in [2.24, 2.45) is 0 Å². The fourth-order valence-electron chi connectivity index (χ4n) is 2.64. The van der Waals surface area contributed by atoms with Gasteiger partial charge in [0, 0.05) is 29.6 Å². The average Bonchev–Trinajstić information content (AvgIpc) is 3.38. The van der Waals surface area contributed by atoms with Crippen LogP contribution in [0.15, 0.2) is 46.6 Å². The van der Waals surface area contributed by atoms with Gasteiger partial charge >= 0.3 is 0 Å². The van der Waals surface area contributed by atoms with Gasteiger partial charge < -0.3 is 23.9 Å². The molecule has 0 spiro atoms. The first-order valence-electron chi connectivity index (χ1n) is 8.25. The molecule has 0 aliphatic heterocycles. The minimum atomic E-state index is -0.264. The van der Waals surface area contributed by atoms with Crippen LogP contribution in [0.3, 0.4) is 0 Å². The third-order valence-corrected chi connectivity index (χ3v) is 4.89. The zero-order valence-electron chi connectivity index (χ0n) is 15.0. The van der Waals surface area contributed by atoms with Crippen molar-refractivity contribution in [1.82, 2.24) is 9.88 Å². The van der Waals surface area contributed by atoms with Crippen molar-refractivity contribution in [3.8, 4) is 22.1 Å². The number of carbonyl (C=O) groups is 1. The average molecular weight is 388 g/mol. The van der Waals surface area contributed by atoms with Crippen molar-refractivity contribution in [2.75, 3.05) is 27.4 Å².